The third kappa shape index (κ3) is 2.43. The first-order chi connectivity index (χ1) is 6.50. The summed E-state index contributed by atoms with van der Waals surface area (Å²) in [5.74, 6) is -0.957. The van der Waals surface area contributed by atoms with E-state index in [1.165, 1.54) is 6.20 Å². The highest BCUT2D eigenvalue weighted by Gasteiger charge is 2.11. The highest BCUT2D eigenvalue weighted by atomic mass is 16.4. The van der Waals surface area contributed by atoms with Gasteiger partial charge in [-0.05, 0) is 18.6 Å². The number of carbonyl (C=O) groups is 1. The lowest BCUT2D eigenvalue weighted by Crippen LogP contribution is -2.18. The standard InChI is InChI=1S/C9H12N2O3/c1-5-2-6(4-11-9(5)14)7(10)3-8(12)13/h2,4,7H,3,10H2,1H3,(H,11,14)(H,12,13)/t7-/m0/s1. The monoisotopic (exact) mass is 196 g/mol. The molecule has 1 rings (SSSR count). The van der Waals surface area contributed by atoms with E-state index in [2.05, 4.69) is 4.98 Å². The van der Waals surface area contributed by atoms with Gasteiger partial charge in [-0.1, -0.05) is 0 Å². The predicted molar refractivity (Wildman–Crippen MR) is 51.0 cm³/mol. The number of aromatic amines is 1. The van der Waals surface area contributed by atoms with Crippen molar-refractivity contribution in [2.45, 2.75) is 19.4 Å². The van der Waals surface area contributed by atoms with Crippen LogP contribution in [0.5, 0.6) is 0 Å². The minimum absolute atomic E-state index is 0.147. The fraction of sp³-hybridized carbons (Fsp3) is 0.333. The maximum atomic E-state index is 11.0. The molecule has 0 aromatic carbocycles. The average molecular weight is 196 g/mol. The van der Waals surface area contributed by atoms with Gasteiger partial charge in [0.1, 0.15) is 0 Å². The number of hydrogen-bond donors (Lipinski definition) is 3. The number of carboxylic acid groups (broad SMARTS) is 1. The van der Waals surface area contributed by atoms with Crippen LogP contribution < -0.4 is 11.3 Å². The summed E-state index contributed by atoms with van der Waals surface area (Å²) in [6.45, 7) is 1.65. The third-order valence-electron chi connectivity index (χ3n) is 1.93. The van der Waals surface area contributed by atoms with Gasteiger partial charge in [0, 0.05) is 17.8 Å². The van der Waals surface area contributed by atoms with Crippen LogP contribution in [-0.4, -0.2) is 16.1 Å². The molecular formula is C9H12N2O3. The lowest BCUT2D eigenvalue weighted by Gasteiger charge is -2.08. The molecule has 0 bridgehead atoms. The maximum absolute atomic E-state index is 11.0. The molecular weight excluding hydrogens is 184 g/mol. The molecule has 0 aliphatic rings. The number of rotatable bonds is 3. The highest BCUT2D eigenvalue weighted by molar-refractivity contribution is 5.67. The SMILES string of the molecule is Cc1cc([C@@H](N)CC(=O)O)c[nH]c1=O. The molecule has 14 heavy (non-hydrogen) atoms. The zero-order valence-corrected chi connectivity index (χ0v) is 7.78. The Hall–Kier alpha value is -1.62. The molecule has 0 saturated carbocycles. The predicted octanol–water partition coefficient (Wildman–Crippen LogP) is 0.158. The second-order valence-corrected chi connectivity index (χ2v) is 3.15. The van der Waals surface area contributed by atoms with Gasteiger partial charge in [-0.2, -0.15) is 0 Å². The number of aryl methyl sites for hydroxylation is 1. The molecule has 0 spiro atoms. The summed E-state index contributed by atoms with van der Waals surface area (Å²) in [7, 11) is 0. The number of nitrogens with two attached hydrogens (primary N) is 1. The second-order valence-electron chi connectivity index (χ2n) is 3.15. The minimum atomic E-state index is -0.957. The van der Waals surface area contributed by atoms with Crippen LogP contribution in [0.1, 0.15) is 23.6 Å². The number of H-pyrrole nitrogens is 1. The van der Waals surface area contributed by atoms with E-state index in [1.54, 1.807) is 13.0 Å². The van der Waals surface area contributed by atoms with Crippen molar-refractivity contribution in [3.8, 4) is 0 Å². The first-order valence-electron chi connectivity index (χ1n) is 4.17. The van der Waals surface area contributed by atoms with E-state index in [0.717, 1.165) is 0 Å². The maximum Gasteiger partial charge on any atom is 0.305 e. The Morgan fingerprint density at radius 2 is 2.36 bits per heavy atom. The molecule has 76 valence electrons. The molecule has 0 aliphatic carbocycles. The lowest BCUT2D eigenvalue weighted by atomic mass is 10.1. The third-order valence-corrected chi connectivity index (χ3v) is 1.93. The molecule has 0 saturated heterocycles. The number of carboxylic acids is 1. The molecule has 5 nitrogen and oxygen atoms in total. The topological polar surface area (TPSA) is 96.2 Å². The molecule has 0 radical (unpaired) electrons. The van der Waals surface area contributed by atoms with E-state index in [4.69, 9.17) is 10.8 Å². The summed E-state index contributed by atoms with van der Waals surface area (Å²) >= 11 is 0. The Morgan fingerprint density at radius 3 is 2.86 bits per heavy atom. The summed E-state index contributed by atoms with van der Waals surface area (Å²) in [5.41, 5.74) is 6.59. The van der Waals surface area contributed by atoms with Gasteiger partial charge in [-0.15, -0.1) is 0 Å². The Labute approximate surface area is 80.6 Å². The van der Waals surface area contributed by atoms with Gasteiger partial charge in [0.2, 0.25) is 0 Å². The summed E-state index contributed by atoms with van der Waals surface area (Å²) < 4.78 is 0. The van der Waals surface area contributed by atoms with Gasteiger partial charge in [-0.25, -0.2) is 0 Å². The van der Waals surface area contributed by atoms with Crippen molar-refractivity contribution in [3.05, 3.63) is 33.7 Å². The molecule has 1 heterocycles. The largest absolute Gasteiger partial charge is 0.481 e. The first kappa shape index (κ1) is 10.5. The van der Waals surface area contributed by atoms with E-state index in [1.807, 2.05) is 0 Å². The van der Waals surface area contributed by atoms with Crippen LogP contribution in [0.2, 0.25) is 0 Å². The van der Waals surface area contributed by atoms with Crippen LogP contribution in [0.4, 0.5) is 0 Å². The zero-order valence-electron chi connectivity index (χ0n) is 7.78. The summed E-state index contributed by atoms with van der Waals surface area (Å²) in [6.07, 6.45) is 1.30. The van der Waals surface area contributed by atoms with Crippen molar-refractivity contribution in [2.24, 2.45) is 5.73 Å². The van der Waals surface area contributed by atoms with E-state index in [-0.39, 0.29) is 12.0 Å². The molecule has 5 heteroatoms. The summed E-state index contributed by atoms with van der Waals surface area (Å²) in [4.78, 5) is 23.9. The summed E-state index contributed by atoms with van der Waals surface area (Å²) in [6, 6.07) is 1.02. The zero-order chi connectivity index (χ0) is 10.7. The van der Waals surface area contributed by atoms with Gasteiger partial charge >= 0.3 is 5.97 Å². The van der Waals surface area contributed by atoms with Gasteiger partial charge in [0.25, 0.3) is 5.56 Å². The van der Waals surface area contributed by atoms with Gasteiger partial charge in [0.05, 0.1) is 6.42 Å². The molecule has 1 aromatic rings. The Bertz CT molecular complexity index is 397. The molecule has 0 fully saturated rings. The van der Waals surface area contributed by atoms with Crippen molar-refractivity contribution in [3.63, 3.8) is 0 Å². The van der Waals surface area contributed by atoms with E-state index < -0.39 is 12.0 Å². The molecule has 4 N–H and O–H groups in total. The molecule has 0 unspecified atom stereocenters. The van der Waals surface area contributed by atoms with Gasteiger partial charge < -0.3 is 15.8 Å². The van der Waals surface area contributed by atoms with Crippen LogP contribution in [0.15, 0.2) is 17.1 Å². The van der Waals surface area contributed by atoms with Crippen LogP contribution in [-0.2, 0) is 4.79 Å². The van der Waals surface area contributed by atoms with E-state index in [9.17, 15) is 9.59 Å². The minimum Gasteiger partial charge on any atom is -0.481 e. The summed E-state index contributed by atoms with van der Waals surface area (Å²) in [5, 5.41) is 8.52. The lowest BCUT2D eigenvalue weighted by molar-refractivity contribution is -0.137. The van der Waals surface area contributed by atoms with E-state index in [0.29, 0.717) is 11.1 Å². The quantitative estimate of drug-likeness (QED) is 0.641. The fourth-order valence-corrected chi connectivity index (χ4v) is 1.14. The van der Waals surface area contributed by atoms with Crippen molar-refractivity contribution >= 4 is 5.97 Å². The normalized spacial score (nSPS) is 12.4. The van der Waals surface area contributed by atoms with Crippen molar-refractivity contribution < 1.29 is 9.90 Å². The first-order valence-corrected chi connectivity index (χ1v) is 4.17. The van der Waals surface area contributed by atoms with Crippen molar-refractivity contribution in [2.75, 3.05) is 0 Å². The van der Waals surface area contributed by atoms with E-state index >= 15 is 0 Å². The van der Waals surface area contributed by atoms with Gasteiger partial charge in [-0.3, -0.25) is 9.59 Å². The van der Waals surface area contributed by atoms with Crippen LogP contribution in [0, 0.1) is 6.92 Å². The number of pyridine rings is 1. The van der Waals surface area contributed by atoms with Crippen molar-refractivity contribution in [1.29, 1.82) is 0 Å². The van der Waals surface area contributed by atoms with Crippen LogP contribution in [0.25, 0.3) is 0 Å². The van der Waals surface area contributed by atoms with Crippen LogP contribution >= 0.6 is 0 Å². The number of aliphatic carboxylic acids is 1. The smallest absolute Gasteiger partial charge is 0.305 e. The van der Waals surface area contributed by atoms with Gasteiger partial charge in [0.15, 0.2) is 0 Å². The fourth-order valence-electron chi connectivity index (χ4n) is 1.14. The Balaban J connectivity index is 2.91. The molecule has 0 amide bonds. The number of aromatic nitrogens is 1. The molecule has 1 aromatic heterocycles. The second kappa shape index (κ2) is 4.06. The number of hydrogen-bond acceptors (Lipinski definition) is 3. The average Bonchev–Trinajstić information content (AvgIpc) is 2.08. The molecule has 1 atom stereocenters. The number of nitrogens with one attached hydrogen (secondary N) is 1. The molecule has 0 aliphatic heterocycles. The Kier molecular flexibility index (Phi) is 3.03. The van der Waals surface area contributed by atoms with Crippen LogP contribution in [0.3, 0.4) is 0 Å². The highest BCUT2D eigenvalue weighted by Crippen LogP contribution is 2.12. The van der Waals surface area contributed by atoms with Crippen molar-refractivity contribution in [1.82, 2.24) is 4.98 Å². The Morgan fingerprint density at radius 1 is 1.71 bits per heavy atom.